The molecule has 1 nitrogen and oxygen atoms in total. The van der Waals surface area contributed by atoms with E-state index in [2.05, 4.69) is 57.3 Å². The first-order valence-corrected chi connectivity index (χ1v) is 7.91. The highest BCUT2D eigenvalue weighted by atomic mass is 14.9. The number of hydrogen-bond acceptors (Lipinski definition) is 1. The molecule has 0 saturated carbocycles. The van der Waals surface area contributed by atoms with Crippen LogP contribution in [0, 0.1) is 12.8 Å². The molecule has 0 fully saturated rings. The molecule has 1 atom stereocenters. The van der Waals surface area contributed by atoms with Crippen molar-refractivity contribution < 1.29 is 0 Å². The molecule has 108 valence electrons. The van der Waals surface area contributed by atoms with Gasteiger partial charge < -0.3 is 5.32 Å². The van der Waals surface area contributed by atoms with Gasteiger partial charge in [-0.1, -0.05) is 57.9 Å². The predicted molar refractivity (Wildman–Crippen MR) is 85.7 cm³/mol. The Morgan fingerprint density at radius 3 is 2.42 bits per heavy atom. The van der Waals surface area contributed by atoms with Crippen molar-refractivity contribution in [2.45, 2.75) is 65.8 Å². The van der Waals surface area contributed by atoms with E-state index in [9.17, 15) is 0 Å². The highest BCUT2D eigenvalue weighted by Crippen LogP contribution is 2.15. The average molecular weight is 261 g/mol. The molecule has 0 aromatic heterocycles. The second-order valence-electron chi connectivity index (χ2n) is 6.04. The summed E-state index contributed by atoms with van der Waals surface area (Å²) in [7, 11) is 0. The zero-order valence-corrected chi connectivity index (χ0v) is 13.2. The Kier molecular flexibility index (Phi) is 7.81. The van der Waals surface area contributed by atoms with Crippen LogP contribution in [-0.2, 0) is 6.42 Å². The fourth-order valence-electron chi connectivity index (χ4n) is 2.63. The molecule has 0 saturated heterocycles. The summed E-state index contributed by atoms with van der Waals surface area (Å²) < 4.78 is 0. The minimum Gasteiger partial charge on any atom is -0.314 e. The molecule has 0 heterocycles. The lowest BCUT2D eigenvalue weighted by Crippen LogP contribution is -2.29. The van der Waals surface area contributed by atoms with Crippen LogP contribution in [0.3, 0.4) is 0 Å². The van der Waals surface area contributed by atoms with E-state index >= 15 is 0 Å². The molecule has 1 unspecified atom stereocenters. The lowest BCUT2D eigenvalue weighted by atomic mass is 9.96. The molecule has 1 N–H and O–H groups in total. The number of rotatable bonds is 9. The van der Waals surface area contributed by atoms with E-state index in [1.165, 1.54) is 43.2 Å². The summed E-state index contributed by atoms with van der Waals surface area (Å²) in [4.78, 5) is 0. The van der Waals surface area contributed by atoms with Crippen molar-refractivity contribution in [1.29, 1.82) is 0 Å². The minimum absolute atomic E-state index is 0.684. The summed E-state index contributed by atoms with van der Waals surface area (Å²) in [5.74, 6) is 0.832. The van der Waals surface area contributed by atoms with Crippen molar-refractivity contribution in [2.24, 2.45) is 5.92 Å². The van der Waals surface area contributed by atoms with Gasteiger partial charge in [0.05, 0.1) is 0 Å². The molecule has 1 heteroatoms. The van der Waals surface area contributed by atoms with Crippen LogP contribution in [-0.4, -0.2) is 12.6 Å². The normalized spacial score (nSPS) is 12.9. The topological polar surface area (TPSA) is 12.0 Å². The average Bonchev–Trinajstić information content (AvgIpc) is 2.37. The van der Waals surface area contributed by atoms with Crippen LogP contribution < -0.4 is 5.32 Å². The van der Waals surface area contributed by atoms with Crippen LogP contribution >= 0.6 is 0 Å². The Labute approximate surface area is 119 Å². The third-order valence-electron chi connectivity index (χ3n) is 3.85. The standard InChI is InChI=1S/C18H31N/c1-5-19-18(12-8-9-15(2)3)14-13-17-11-7-6-10-16(17)4/h6-7,10-11,15,18-19H,5,8-9,12-14H2,1-4H3. The lowest BCUT2D eigenvalue weighted by Gasteiger charge is -2.19. The predicted octanol–water partition coefficient (Wildman–Crippen LogP) is 4.73. The third kappa shape index (κ3) is 6.77. The van der Waals surface area contributed by atoms with Crippen LogP contribution in [0.15, 0.2) is 24.3 Å². The minimum atomic E-state index is 0.684. The van der Waals surface area contributed by atoms with E-state index in [-0.39, 0.29) is 0 Å². The van der Waals surface area contributed by atoms with Gasteiger partial charge in [-0.15, -0.1) is 0 Å². The van der Waals surface area contributed by atoms with E-state index < -0.39 is 0 Å². The molecule has 1 aromatic rings. The van der Waals surface area contributed by atoms with Crippen molar-refractivity contribution in [1.82, 2.24) is 5.32 Å². The summed E-state index contributed by atoms with van der Waals surface area (Å²) in [6.45, 7) is 10.1. The second kappa shape index (κ2) is 9.14. The summed E-state index contributed by atoms with van der Waals surface area (Å²) in [6.07, 6.45) is 6.48. The van der Waals surface area contributed by atoms with Crippen LogP contribution in [0.4, 0.5) is 0 Å². The van der Waals surface area contributed by atoms with E-state index in [1.807, 2.05) is 0 Å². The molecule has 0 aliphatic heterocycles. The van der Waals surface area contributed by atoms with Crippen molar-refractivity contribution in [3.05, 3.63) is 35.4 Å². The molecule has 0 aliphatic carbocycles. The molecule has 0 bridgehead atoms. The third-order valence-corrected chi connectivity index (χ3v) is 3.85. The van der Waals surface area contributed by atoms with Crippen LogP contribution in [0.25, 0.3) is 0 Å². The van der Waals surface area contributed by atoms with Crippen LogP contribution in [0.5, 0.6) is 0 Å². The fourth-order valence-corrected chi connectivity index (χ4v) is 2.63. The van der Waals surface area contributed by atoms with Gasteiger partial charge in [-0.25, -0.2) is 0 Å². The quantitative estimate of drug-likeness (QED) is 0.677. The number of benzene rings is 1. The first-order valence-electron chi connectivity index (χ1n) is 7.91. The van der Waals surface area contributed by atoms with E-state index in [0.29, 0.717) is 6.04 Å². The zero-order chi connectivity index (χ0) is 14.1. The van der Waals surface area contributed by atoms with Gasteiger partial charge in [0, 0.05) is 6.04 Å². The van der Waals surface area contributed by atoms with Gasteiger partial charge in [-0.05, 0) is 49.8 Å². The van der Waals surface area contributed by atoms with Gasteiger partial charge in [0.25, 0.3) is 0 Å². The van der Waals surface area contributed by atoms with Gasteiger partial charge in [-0.3, -0.25) is 0 Å². The molecule has 0 aliphatic rings. The molecule has 0 spiro atoms. The molecule has 1 aromatic carbocycles. The highest BCUT2D eigenvalue weighted by Gasteiger charge is 2.08. The SMILES string of the molecule is CCNC(CCCC(C)C)CCc1ccccc1C. The Balaban J connectivity index is 2.38. The monoisotopic (exact) mass is 261 g/mol. The van der Waals surface area contributed by atoms with Gasteiger partial charge in [0.15, 0.2) is 0 Å². The second-order valence-corrected chi connectivity index (χ2v) is 6.04. The molecular weight excluding hydrogens is 230 g/mol. The molecule has 1 rings (SSSR count). The first-order chi connectivity index (χ1) is 9.13. The molecule has 19 heavy (non-hydrogen) atoms. The smallest absolute Gasteiger partial charge is 0.00701 e. The van der Waals surface area contributed by atoms with Crippen molar-refractivity contribution in [3.8, 4) is 0 Å². The van der Waals surface area contributed by atoms with E-state index in [0.717, 1.165) is 12.5 Å². The van der Waals surface area contributed by atoms with Crippen molar-refractivity contribution >= 4 is 0 Å². The Bertz CT molecular complexity index is 343. The summed E-state index contributed by atoms with van der Waals surface area (Å²) in [6, 6.07) is 9.46. The summed E-state index contributed by atoms with van der Waals surface area (Å²) >= 11 is 0. The number of hydrogen-bond donors (Lipinski definition) is 1. The fraction of sp³-hybridized carbons (Fsp3) is 0.667. The molecule has 0 radical (unpaired) electrons. The maximum absolute atomic E-state index is 3.65. The van der Waals surface area contributed by atoms with Crippen molar-refractivity contribution in [2.75, 3.05) is 6.54 Å². The Morgan fingerprint density at radius 1 is 1.05 bits per heavy atom. The van der Waals surface area contributed by atoms with Gasteiger partial charge in [0.2, 0.25) is 0 Å². The Hall–Kier alpha value is -0.820. The van der Waals surface area contributed by atoms with Crippen molar-refractivity contribution in [3.63, 3.8) is 0 Å². The van der Waals surface area contributed by atoms with E-state index in [4.69, 9.17) is 0 Å². The zero-order valence-electron chi connectivity index (χ0n) is 13.2. The van der Waals surface area contributed by atoms with E-state index in [1.54, 1.807) is 0 Å². The molecular formula is C18H31N. The number of aryl methyl sites for hydroxylation is 2. The molecule has 0 amide bonds. The number of nitrogens with one attached hydrogen (secondary N) is 1. The van der Waals surface area contributed by atoms with Gasteiger partial charge in [-0.2, -0.15) is 0 Å². The summed E-state index contributed by atoms with van der Waals surface area (Å²) in [5, 5.41) is 3.65. The highest BCUT2D eigenvalue weighted by molar-refractivity contribution is 5.25. The van der Waals surface area contributed by atoms with Crippen LogP contribution in [0.1, 0.15) is 57.6 Å². The summed E-state index contributed by atoms with van der Waals surface area (Å²) in [5.41, 5.74) is 2.94. The lowest BCUT2D eigenvalue weighted by molar-refractivity contribution is 0.424. The van der Waals surface area contributed by atoms with Gasteiger partial charge in [0.1, 0.15) is 0 Å². The van der Waals surface area contributed by atoms with Gasteiger partial charge >= 0.3 is 0 Å². The maximum atomic E-state index is 3.65. The maximum Gasteiger partial charge on any atom is 0.00701 e. The Morgan fingerprint density at radius 2 is 1.79 bits per heavy atom. The first kappa shape index (κ1) is 16.2. The largest absolute Gasteiger partial charge is 0.314 e. The van der Waals surface area contributed by atoms with Crippen LogP contribution in [0.2, 0.25) is 0 Å².